The summed E-state index contributed by atoms with van der Waals surface area (Å²) in [6, 6.07) is 12.9. The monoisotopic (exact) mass is 332 g/mol. The molecule has 2 aromatic carbocycles. The largest absolute Gasteiger partial charge is 0.497 e. The predicted molar refractivity (Wildman–Crippen MR) is 82.1 cm³/mol. The van der Waals surface area contributed by atoms with E-state index in [2.05, 4.69) is 26.6 Å². The van der Waals surface area contributed by atoms with Crippen LogP contribution < -0.4 is 15.4 Å². The number of methoxy groups -OCH3 is 1. The van der Waals surface area contributed by atoms with Gasteiger partial charge in [-0.1, -0.05) is 22.0 Å². The summed E-state index contributed by atoms with van der Waals surface area (Å²) in [4.78, 5) is 12.1. The third-order valence-corrected chi connectivity index (χ3v) is 3.74. The van der Waals surface area contributed by atoms with E-state index in [4.69, 9.17) is 4.74 Å². The molecule has 2 N–H and O–H groups in total. The molecular weight excluding hydrogens is 320 g/mol. The van der Waals surface area contributed by atoms with Crippen LogP contribution in [0.2, 0.25) is 0 Å². The molecule has 0 saturated heterocycles. The number of hydrogen-bond donors (Lipinski definition) is 2. The zero-order chi connectivity index (χ0) is 14.1. The van der Waals surface area contributed by atoms with Gasteiger partial charge in [0.25, 0.3) is 5.91 Å². The minimum absolute atomic E-state index is 0.0473. The van der Waals surface area contributed by atoms with Crippen molar-refractivity contribution in [1.29, 1.82) is 0 Å². The highest BCUT2D eigenvalue weighted by atomic mass is 79.9. The first-order valence-electron chi connectivity index (χ1n) is 6.18. The van der Waals surface area contributed by atoms with E-state index in [-0.39, 0.29) is 11.9 Å². The third-order valence-electron chi connectivity index (χ3n) is 3.25. The van der Waals surface area contributed by atoms with Gasteiger partial charge in [-0.3, -0.25) is 4.79 Å². The Morgan fingerprint density at radius 3 is 2.65 bits per heavy atom. The zero-order valence-electron chi connectivity index (χ0n) is 10.8. The zero-order valence-corrected chi connectivity index (χ0v) is 12.4. The molecule has 1 heterocycles. The molecule has 1 aliphatic rings. The summed E-state index contributed by atoms with van der Waals surface area (Å²) in [6.07, 6.45) is 0. The van der Waals surface area contributed by atoms with Crippen molar-refractivity contribution < 1.29 is 9.53 Å². The fourth-order valence-corrected chi connectivity index (χ4v) is 2.59. The third kappa shape index (κ3) is 2.36. The Balaban J connectivity index is 1.86. The highest BCUT2D eigenvalue weighted by Gasteiger charge is 2.30. The van der Waals surface area contributed by atoms with Crippen LogP contribution in [0.1, 0.15) is 11.6 Å². The van der Waals surface area contributed by atoms with Crippen molar-refractivity contribution in [2.75, 3.05) is 17.7 Å². The van der Waals surface area contributed by atoms with Gasteiger partial charge in [0.05, 0.1) is 7.11 Å². The lowest BCUT2D eigenvalue weighted by molar-refractivity contribution is -0.116. The molecule has 0 spiro atoms. The maximum atomic E-state index is 12.1. The molecule has 4 nitrogen and oxygen atoms in total. The number of carbonyl (C=O) groups excluding carboxylic acids is 1. The molecule has 0 radical (unpaired) electrons. The first kappa shape index (κ1) is 13.0. The highest BCUT2D eigenvalue weighted by molar-refractivity contribution is 9.10. The second kappa shape index (κ2) is 5.17. The Bertz CT molecular complexity index is 655. The molecule has 1 aliphatic heterocycles. The molecule has 0 aliphatic carbocycles. The average Bonchev–Trinajstić information content (AvgIpc) is 2.75. The van der Waals surface area contributed by atoms with E-state index in [1.165, 1.54) is 0 Å². The Hall–Kier alpha value is -2.01. The molecule has 0 bridgehead atoms. The van der Waals surface area contributed by atoms with Crippen LogP contribution in [0.25, 0.3) is 0 Å². The summed E-state index contributed by atoms with van der Waals surface area (Å²) in [5, 5.41) is 6.11. The maximum Gasteiger partial charge on any atom is 0.251 e. The summed E-state index contributed by atoms with van der Waals surface area (Å²) < 4.78 is 6.06. The van der Waals surface area contributed by atoms with Crippen LogP contribution in [0.4, 0.5) is 11.4 Å². The summed E-state index contributed by atoms with van der Waals surface area (Å²) >= 11 is 3.40. The fraction of sp³-hybridized carbons (Fsp3) is 0.133. The van der Waals surface area contributed by atoms with Gasteiger partial charge >= 0.3 is 0 Å². The minimum Gasteiger partial charge on any atom is -0.497 e. The van der Waals surface area contributed by atoms with Crippen molar-refractivity contribution >= 4 is 33.2 Å². The van der Waals surface area contributed by atoms with E-state index in [0.717, 1.165) is 27.2 Å². The molecule has 20 heavy (non-hydrogen) atoms. The minimum atomic E-state index is -0.369. The van der Waals surface area contributed by atoms with Crippen molar-refractivity contribution in [3.05, 3.63) is 52.5 Å². The standard InChI is InChI=1S/C15H13BrN2O2/c1-20-11-5-3-10(4-6-11)17-14-12-7-2-9(16)8-13(12)18-15(14)19/h2-8,14,17H,1H3,(H,18,19). The van der Waals surface area contributed by atoms with E-state index < -0.39 is 0 Å². The molecule has 1 amide bonds. The van der Waals surface area contributed by atoms with E-state index in [1.54, 1.807) is 7.11 Å². The van der Waals surface area contributed by atoms with E-state index >= 15 is 0 Å². The van der Waals surface area contributed by atoms with E-state index in [1.807, 2.05) is 42.5 Å². The molecule has 102 valence electrons. The molecule has 1 unspecified atom stereocenters. The number of halogens is 1. The predicted octanol–water partition coefficient (Wildman–Crippen LogP) is 3.56. The van der Waals surface area contributed by atoms with Gasteiger partial charge < -0.3 is 15.4 Å². The average molecular weight is 333 g/mol. The van der Waals surface area contributed by atoms with Gasteiger partial charge in [0.2, 0.25) is 0 Å². The van der Waals surface area contributed by atoms with Gasteiger partial charge in [0, 0.05) is 21.4 Å². The van der Waals surface area contributed by atoms with Crippen molar-refractivity contribution in [1.82, 2.24) is 0 Å². The number of benzene rings is 2. The fourth-order valence-electron chi connectivity index (χ4n) is 2.23. The van der Waals surface area contributed by atoms with Crippen molar-refractivity contribution in [2.24, 2.45) is 0 Å². The van der Waals surface area contributed by atoms with Crippen molar-refractivity contribution in [2.45, 2.75) is 6.04 Å². The van der Waals surface area contributed by atoms with Crippen LogP contribution in [-0.2, 0) is 4.79 Å². The lowest BCUT2D eigenvalue weighted by Crippen LogP contribution is -2.19. The van der Waals surface area contributed by atoms with Crippen molar-refractivity contribution in [3.8, 4) is 5.75 Å². The first-order valence-corrected chi connectivity index (χ1v) is 6.97. The second-order valence-corrected chi connectivity index (χ2v) is 5.44. The van der Waals surface area contributed by atoms with Gasteiger partial charge in [0.1, 0.15) is 11.8 Å². The number of rotatable bonds is 3. The molecule has 2 aromatic rings. The van der Waals surface area contributed by atoms with Gasteiger partial charge in [-0.15, -0.1) is 0 Å². The van der Waals surface area contributed by atoms with Crippen LogP contribution >= 0.6 is 15.9 Å². The van der Waals surface area contributed by atoms with Crippen LogP contribution in [-0.4, -0.2) is 13.0 Å². The normalized spacial score (nSPS) is 16.5. The summed E-state index contributed by atoms with van der Waals surface area (Å²) in [6.45, 7) is 0. The lowest BCUT2D eigenvalue weighted by atomic mass is 10.1. The first-order chi connectivity index (χ1) is 9.67. The van der Waals surface area contributed by atoms with Crippen LogP contribution in [0.5, 0.6) is 5.75 Å². The van der Waals surface area contributed by atoms with Crippen LogP contribution in [0.15, 0.2) is 46.9 Å². The highest BCUT2D eigenvalue weighted by Crippen LogP contribution is 2.35. The Labute approximate surface area is 125 Å². The maximum absolute atomic E-state index is 12.1. The smallest absolute Gasteiger partial charge is 0.251 e. The van der Waals surface area contributed by atoms with Crippen molar-refractivity contribution in [3.63, 3.8) is 0 Å². The summed E-state index contributed by atoms with van der Waals surface area (Å²) in [5.41, 5.74) is 2.67. The quantitative estimate of drug-likeness (QED) is 0.903. The Kier molecular flexibility index (Phi) is 3.36. The van der Waals surface area contributed by atoms with Gasteiger partial charge in [0.15, 0.2) is 0 Å². The number of amides is 1. The molecule has 5 heteroatoms. The van der Waals surface area contributed by atoms with Crippen LogP contribution in [0.3, 0.4) is 0 Å². The van der Waals surface area contributed by atoms with Gasteiger partial charge in [-0.05, 0) is 36.4 Å². The number of anilines is 2. The summed E-state index contributed by atoms with van der Waals surface area (Å²) in [5.74, 6) is 0.740. The van der Waals surface area contributed by atoms with E-state index in [0.29, 0.717) is 0 Å². The lowest BCUT2D eigenvalue weighted by Gasteiger charge is -2.13. The molecule has 0 fully saturated rings. The SMILES string of the molecule is COc1ccc(NC2C(=O)Nc3cc(Br)ccc32)cc1. The summed E-state index contributed by atoms with van der Waals surface area (Å²) in [7, 11) is 1.63. The molecular formula is C15H13BrN2O2. The topological polar surface area (TPSA) is 50.4 Å². The number of nitrogens with one attached hydrogen (secondary N) is 2. The molecule has 0 aromatic heterocycles. The number of hydrogen-bond acceptors (Lipinski definition) is 3. The van der Waals surface area contributed by atoms with Gasteiger partial charge in [-0.25, -0.2) is 0 Å². The van der Waals surface area contributed by atoms with Gasteiger partial charge in [-0.2, -0.15) is 0 Å². The number of ether oxygens (including phenoxy) is 1. The number of fused-ring (bicyclic) bond motifs is 1. The molecule has 0 saturated carbocycles. The molecule has 1 atom stereocenters. The second-order valence-electron chi connectivity index (χ2n) is 4.53. The van der Waals surface area contributed by atoms with Crippen LogP contribution in [0, 0.1) is 0 Å². The van der Waals surface area contributed by atoms with E-state index in [9.17, 15) is 4.79 Å². The number of carbonyl (C=O) groups is 1. The Morgan fingerprint density at radius 2 is 1.95 bits per heavy atom. The Morgan fingerprint density at radius 1 is 1.20 bits per heavy atom. The molecule has 3 rings (SSSR count).